The standard InChI is InChI=1S/C14H13N3OS/c1-16-6-4-11(9-16)12(18)10-17-7-5-15-14(17)13-3-2-8-19-13/h2-9H,10H2,1H3. The number of thiophene rings is 1. The van der Waals surface area contributed by atoms with Crippen LogP contribution in [0.1, 0.15) is 10.4 Å². The maximum Gasteiger partial charge on any atom is 0.184 e. The molecule has 0 radical (unpaired) electrons. The fraction of sp³-hybridized carbons (Fsp3) is 0.143. The number of carbonyl (C=O) groups is 1. The van der Waals surface area contributed by atoms with Crippen LogP contribution in [0.4, 0.5) is 0 Å². The molecule has 0 saturated carbocycles. The van der Waals surface area contributed by atoms with Crippen molar-refractivity contribution in [3.8, 4) is 10.7 Å². The monoisotopic (exact) mass is 271 g/mol. The lowest BCUT2D eigenvalue weighted by Crippen LogP contribution is -2.10. The smallest absolute Gasteiger partial charge is 0.184 e. The molecule has 0 aliphatic heterocycles. The second-order valence-electron chi connectivity index (χ2n) is 4.34. The van der Waals surface area contributed by atoms with E-state index >= 15 is 0 Å². The highest BCUT2D eigenvalue weighted by Gasteiger charge is 2.12. The van der Waals surface area contributed by atoms with Crippen LogP contribution in [0.25, 0.3) is 10.7 Å². The van der Waals surface area contributed by atoms with Crippen molar-refractivity contribution in [1.82, 2.24) is 14.1 Å². The molecule has 96 valence electrons. The van der Waals surface area contributed by atoms with Gasteiger partial charge in [-0.15, -0.1) is 11.3 Å². The summed E-state index contributed by atoms with van der Waals surface area (Å²) in [4.78, 5) is 17.6. The van der Waals surface area contributed by atoms with Gasteiger partial charge in [0.05, 0.1) is 11.4 Å². The second-order valence-corrected chi connectivity index (χ2v) is 5.29. The van der Waals surface area contributed by atoms with E-state index < -0.39 is 0 Å². The zero-order valence-corrected chi connectivity index (χ0v) is 11.3. The Kier molecular flexibility index (Phi) is 3.05. The molecule has 0 aliphatic rings. The molecule has 4 nitrogen and oxygen atoms in total. The summed E-state index contributed by atoms with van der Waals surface area (Å²) in [5.41, 5.74) is 0.730. The zero-order valence-electron chi connectivity index (χ0n) is 10.5. The molecule has 0 saturated heterocycles. The summed E-state index contributed by atoms with van der Waals surface area (Å²) in [6.45, 7) is 0.317. The Morgan fingerprint density at radius 1 is 1.37 bits per heavy atom. The summed E-state index contributed by atoms with van der Waals surface area (Å²) in [5, 5.41) is 2.01. The summed E-state index contributed by atoms with van der Waals surface area (Å²) >= 11 is 1.62. The summed E-state index contributed by atoms with van der Waals surface area (Å²) < 4.78 is 3.77. The van der Waals surface area contributed by atoms with E-state index in [1.54, 1.807) is 17.5 Å². The Labute approximate surface area is 115 Å². The van der Waals surface area contributed by atoms with Crippen LogP contribution in [0.3, 0.4) is 0 Å². The van der Waals surface area contributed by atoms with Crippen LogP contribution >= 0.6 is 11.3 Å². The molecule has 0 aliphatic carbocycles. The van der Waals surface area contributed by atoms with E-state index in [9.17, 15) is 4.79 Å². The summed E-state index contributed by atoms with van der Waals surface area (Å²) in [5.74, 6) is 0.940. The topological polar surface area (TPSA) is 39.8 Å². The number of nitrogens with zero attached hydrogens (tertiary/aromatic N) is 3. The Hall–Kier alpha value is -2.14. The van der Waals surface area contributed by atoms with E-state index in [1.807, 2.05) is 58.4 Å². The first-order valence-electron chi connectivity index (χ1n) is 5.94. The van der Waals surface area contributed by atoms with Crippen LogP contribution in [-0.2, 0) is 13.6 Å². The number of imidazole rings is 1. The highest BCUT2D eigenvalue weighted by atomic mass is 32.1. The van der Waals surface area contributed by atoms with E-state index in [1.165, 1.54) is 0 Å². The van der Waals surface area contributed by atoms with E-state index in [4.69, 9.17) is 0 Å². The van der Waals surface area contributed by atoms with E-state index in [0.717, 1.165) is 16.3 Å². The molecule has 3 heterocycles. The fourth-order valence-corrected chi connectivity index (χ4v) is 2.72. The fourth-order valence-electron chi connectivity index (χ4n) is 1.98. The number of aromatic nitrogens is 3. The Morgan fingerprint density at radius 2 is 2.26 bits per heavy atom. The van der Waals surface area contributed by atoms with Crippen molar-refractivity contribution in [2.24, 2.45) is 7.05 Å². The van der Waals surface area contributed by atoms with Gasteiger partial charge in [0.15, 0.2) is 5.78 Å². The van der Waals surface area contributed by atoms with Gasteiger partial charge >= 0.3 is 0 Å². The van der Waals surface area contributed by atoms with Crippen molar-refractivity contribution >= 4 is 17.1 Å². The maximum atomic E-state index is 12.2. The van der Waals surface area contributed by atoms with Gasteiger partial charge in [0.2, 0.25) is 0 Å². The van der Waals surface area contributed by atoms with Crippen LogP contribution in [0, 0.1) is 0 Å². The van der Waals surface area contributed by atoms with Crippen LogP contribution in [0.2, 0.25) is 0 Å². The molecule has 0 spiro atoms. The maximum absolute atomic E-state index is 12.2. The molecule has 0 amide bonds. The minimum absolute atomic E-state index is 0.0939. The predicted molar refractivity (Wildman–Crippen MR) is 75.3 cm³/mol. The number of carbonyl (C=O) groups excluding carboxylic acids is 1. The van der Waals surface area contributed by atoms with Gasteiger partial charge in [-0.25, -0.2) is 4.98 Å². The third-order valence-electron chi connectivity index (χ3n) is 2.92. The summed E-state index contributed by atoms with van der Waals surface area (Å²) in [6.07, 6.45) is 7.29. The predicted octanol–water partition coefficient (Wildman–Crippen LogP) is 2.83. The van der Waals surface area contributed by atoms with E-state index in [-0.39, 0.29) is 5.78 Å². The average molecular weight is 271 g/mol. The number of rotatable bonds is 4. The number of Topliss-reactive ketones (excluding diaryl/α,β-unsaturated/α-hetero) is 1. The molecule has 5 heteroatoms. The van der Waals surface area contributed by atoms with Crippen molar-refractivity contribution in [2.75, 3.05) is 0 Å². The number of hydrogen-bond acceptors (Lipinski definition) is 3. The molecule has 0 N–H and O–H groups in total. The molecule has 19 heavy (non-hydrogen) atoms. The van der Waals surface area contributed by atoms with Crippen LogP contribution in [0.15, 0.2) is 48.4 Å². The molecular formula is C14H13N3OS. The van der Waals surface area contributed by atoms with E-state index in [2.05, 4.69) is 4.98 Å². The van der Waals surface area contributed by atoms with E-state index in [0.29, 0.717) is 6.54 Å². The van der Waals surface area contributed by atoms with Gasteiger partial charge in [-0.3, -0.25) is 4.79 Å². The number of ketones is 1. The zero-order chi connectivity index (χ0) is 13.2. The van der Waals surface area contributed by atoms with Crippen LogP contribution in [-0.4, -0.2) is 19.9 Å². The van der Waals surface area contributed by atoms with Crippen molar-refractivity contribution < 1.29 is 4.79 Å². The lowest BCUT2D eigenvalue weighted by molar-refractivity contribution is 0.0972. The first-order chi connectivity index (χ1) is 9.24. The van der Waals surface area contributed by atoms with Gasteiger partial charge in [0.1, 0.15) is 5.82 Å². The van der Waals surface area contributed by atoms with Gasteiger partial charge in [-0.05, 0) is 17.5 Å². The van der Waals surface area contributed by atoms with Crippen molar-refractivity contribution in [2.45, 2.75) is 6.54 Å². The van der Waals surface area contributed by atoms with Crippen LogP contribution < -0.4 is 0 Å². The highest BCUT2D eigenvalue weighted by molar-refractivity contribution is 7.13. The lowest BCUT2D eigenvalue weighted by Gasteiger charge is -2.04. The largest absolute Gasteiger partial charge is 0.357 e. The lowest BCUT2D eigenvalue weighted by atomic mass is 10.2. The molecule has 0 fully saturated rings. The van der Waals surface area contributed by atoms with Gasteiger partial charge < -0.3 is 9.13 Å². The van der Waals surface area contributed by atoms with Gasteiger partial charge in [-0.2, -0.15) is 0 Å². The first-order valence-corrected chi connectivity index (χ1v) is 6.82. The average Bonchev–Trinajstić information content (AvgIpc) is 3.07. The molecule has 0 aromatic carbocycles. The number of hydrogen-bond donors (Lipinski definition) is 0. The third-order valence-corrected chi connectivity index (χ3v) is 3.79. The quantitative estimate of drug-likeness (QED) is 0.684. The van der Waals surface area contributed by atoms with Crippen LogP contribution in [0.5, 0.6) is 0 Å². The highest BCUT2D eigenvalue weighted by Crippen LogP contribution is 2.23. The Morgan fingerprint density at radius 3 is 2.95 bits per heavy atom. The molecule has 3 aromatic heterocycles. The van der Waals surface area contributed by atoms with Gasteiger partial charge in [-0.1, -0.05) is 6.07 Å². The van der Waals surface area contributed by atoms with Crippen molar-refractivity contribution in [1.29, 1.82) is 0 Å². The normalized spacial score (nSPS) is 10.8. The molecular weight excluding hydrogens is 258 g/mol. The molecule has 0 atom stereocenters. The molecule has 3 aromatic rings. The molecule has 3 rings (SSSR count). The summed E-state index contributed by atoms with van der Waals surface area (Å²) in [7, 11) is 1.91. The Balaban J connectivity index is 1.85. The number of aryl methyl sites for hydroxylation is 1. The SMILES string of the molecule is Cn1ccc(C(=O)Cn2ccnc2-c2cccs2)c1. The minimum Gasteiger partial charge on any atom is -0.357 e. The van der Waals surface area contributed by atoms with Crippen molar-refractivity contribution in [3.05, 3.63) is 53.9 Å². The first kappa shape index (κ1) is 11.9. The minimum atomic E-state index is 0.0939. The molecule has 0 bridgehead atoms. The second kappa shape index (κ2) is 4.85. The third kappa shape index (κ3) is 2.37. The summed E-state index contributed by atoms with van der Waals surface area (Å²) in [6, 6.07) is 5.83. The van der Waals surface area contributed by atoms with Gasteiger partial charge in [0, 0.05) is 37.4 Å². The van der Waals surface area contributed by atoms with Crippen molar-refractivity contribution in [3.63, 3.8) is 0 Å². The molecule has 0 unspecified atom stereocenters. The van der Waals surface area contributed by atoms with Gasteiger partial charge in [0.25, 0.3) is 0 Å². The Bertz CT molecular complexity index is 694.